The van der Waals surface area contributed by atoms with E-state index in [9.17, 15) is 19.9 Å². The van der Waals surface area contributed by atoms with Gasteiger partial charge < -0.3 is 9.52 Å². The lowest BCUT2D eigenvalue weighted by Crippen LogP contribution is -2.18. The van der Waals surface area contributed by atoms with Crippen molar-refractivity contribution in [3.63, 3.8) is 0 Å². The Kier molecular flexibility index (Phi) is 3.73. The zero-order valence-corrected chi connectivity index (χ0v) is 13.4. The van der Waals surface area contributed by atoms with Crippen LogP contribution in [0.25, 0.3) is 22.1 Å². The van der Waals surface area contributed by atoms with E-state index in [2.05, 4.69) is 4.98 Å². The molecule has 2 N–H and O–H groups in total. The minimum atomic E-state index is -1.28. The van der Waals surface area contributed by atoms with E-state index in [1.165, 1.54) is 13.1 Å². The molecule has 0 unspecified atom stereocenters. The van der Waals surface area contributed by atoms with Crippen LogP contribution in [-0.4, -0.2) is 28.3 Å². The Hall–Kier alpha value is -2.93. The zero-order valence-electron chi connectivity index (χ0n) is 13.4. The molecule has 0 bridgehead atoms. The van der Waals surface area contributed by atoms with Gasteiger partial charge in [-0.25, -0.2) is 14.8 Å². The lowest BCUT2D eigenvalue weighted by Gasteiger charge is -2.13. The largest absolute Gasteiger partial charge is 0.478 e. The van der Waals surface area contributed by atoms with Gasteiger partial charge in [0.1, 0.15) is 11.1 Å². The monoisotopic (exact) mass is 328 g/mol. The number of aromatic nitrogens is 1. The molecule has 2 aromatic heterocycles. The minimum Gasteiger partial charge on any atom is -0.478 e. The van der Waals surface area contributed by atoms with Gasteiger partial charge in [0.25, 0.3) is 0 Å². The Morgan fingerprint density at radius 1 is 1.25 bits per heavy atom. The number of benzene rings is 1. The van der Waals surface area contributed by atoms with E-state index in [1.54, 1.807) is 12.1 Å². The van der Waals surface area contributed by atoms with Gasteiger partial charge in [0.2, 0.25) is 5.43 Å². The second-order valence-electron chi connectivity index (χ2n) is 5.88. The molecule has 2 heterocycles. The highest BCUT2D eigenvalue weighted by Crippen LogP contribution is 2.25. The van der Waals surface area contributed by atoms with Gasteiger partial charge in [0, 0.05) is 13.1 Å². The SMILES string of the molecule is CC(C)c1ccc2oc3cc(C(=O)O)c(N(C)O)nc3c(=O)c2c1. The van der Waals surface area contributed by atoms with E-state index in [1.807, 2.05) is 19.9 Å². The Morgan fingerprint density at radius 2 is 1.96 bits per heavy atom. The van der Waals surface area contributed by atoms with Crippen LogP contribution in [0.3, 0.4) is 0 Å². The number of hydrogen-bond acceptors (Lipinski definition) is 6. The molecule has 124 valence electrons. The summed E-state index contributed by atoms with van der Waals surface area (Å²) in [4.78, 5) is 28.1. The molecule has 3 rings (SSSR count). The number of fused-ring (bicyclic) bond motifs is 2. The van der Waals surface area contributed by atoms with Crippen LogP contribution in [0.5, 0.6) is 0 Å². The summed E-state index contributed by atoms with van der Waals surface area (Å²) in [6.45, 7) is 4.03. The maximum Gasteiger partial charge on any atom is 0.339 e. The number of pyridine rings is 1. The molecule has 1 aromatic carbocycles. The van der Waals surface area contributed by atoms with Crippen molar-refractivity contribution in [1.82, 2.24) is 4.98 Å². The molecule has 0 radical (unpaired) electrons. The van der Waals surface area contributed by atoms with Crippen molar-refractivity contribution in [3.8, 4) is 0 Å². The highest BCUT2D eigenvalue weighted by Gasteiger charge is 2.20. The van der Waals surface area contributed by atoms with Crippen LogP contribution in [0.15, 0.2) is 33.5 Å². The fourth-order valence-corrected chi connectivity index (χ4v) is 2.55. The highest BCUT2D eigenvalue weighted by molar-refractivity contribution is 5.98. The first-order valence-corrected chi connectivity index (χ1v) is 7.37. The van der Waals surface area contributed by atoms with E-state index in [0.29, 0.717) is 16.0 Å². The van der Waals surface area contributed by atoms with E-state index < -0.39 is 5.97 Å². The number of aromatic carboxylic acids is 1. The average Bonchev–Trinajstić information content (AvgIpc) is 2.53. The third kappa shape index (κ3) is 2.48. The lowest BCUT2D eigenvalue weighted by molar-refractivity contribution is 0.0695. The van der Waals surface area contributed by atoms with E-state index in [4.69, 9.17) is 4.42 Å². The molecule has 0 amide bonds. The highest BCUT2D eigenvalue weighted by atomic mass is 16.5. The van der Waals surface area contributed by atoms with E-state index >= 15 is 0 Å². The summed E-state index contributed by atoms with van der Waals surface area (Å²) >= 11 is 0. The van der Waals surface area contributed by atoms with Gasteiger partial charge in [-0.15, -0.1) is 0 Å². The van der Waals surface area contributed by atoms with Gasteiger partial charge in [-0.3, -0.25) is 10.0 Å². The summed E-state index contributed by atoms with van der Waals surface area (Å²) in [5.74, 6) is -1.26. The third-order valence-corrected chi connectivity index (χ3v) is 3.85. The fraction of sp³-hybridized carbons (Fsp3) is 0.235. The molecule has 3 aromatic rings. The first-order valence-electron chi connectivity index (χ1n) is 7.37. The molecule has 0 saturated heterocycles. The van der Waals surface area contributed by atoms with Crippen molar-refractivity contribution < 1.29 is 19.5 Å². The fourth-order valence-electron chi connectivity index (χ4n) is 2.55. The Labute approximate surface area is 136 Å². The maximum absolute atomic E-state index is 12.7. The number of carbonyl (C=O) groups is 1. The van der Waals surface area contributed by atoms with Crippen LogP contribution in [0, 0.1) is 0 Å². The Morgan fingerprint density at radius 3 is 2.54 bits per heavy atom. The summed E-state index contributed by atoms with van der Waals surface area (Å²) in [5, 5.41) is 19.8. The van der Waals surface area contributed by atoms with Crippen LogP contribution in [0.1, 0.15) is 35.7 Å². The number of carboxylic acid groups (broad SMARTS) is 1. The molecular weight excluding hydrogens is 312 g/mol. The summed E-state index contributed by atoms with van der Waals surface area (Å²) < 4.78 is 5.66. The van der Waals surface area contributed by atoms with Gasteiger partial charge in [-0.05, 0) is 23.6 Å². The summed E-state index contributed by atoms with van der Waals surface area (Å²) in [6, 6.07) is 6.51. The van der Waals surface area contributed by atoms with Crippen LogP contribution in [0.4, 0.5) is 5.82 Å². The van der Waals surface area contributed by atoms with Crippen LogP contribution in [-0.2, 0) is 0 Å². The van der Waals surface area contributed by atoms with Crippen molar-refractivity contribution in [2.45, 2.75) is 19.8 Å². The number of hydrogen-bond donors (Lipinski definition) is 2. The number of nitrogens with zero attached hydrogens (tertiary/aromatic N) is 2. The predicted octanol–water partition coefficient (Wildman–Crippen LogP) is 2.99. The first kappa shape index (κ1) is 15.9. The maximum atomic E-state index is 12.7. The van der Waals surface area contributed by atoms with Crippen LogP contribution in [0.2, 0.25) is 0 Å². The molecular formula is C17H16N2O5. The molecule has 0 spiro atoms. The Balaban J connectivity index is 2.42. The average molecular weight is 328 g/mol. The van der Waals surface area contributed by atoms with Crippen LogP contribution < -0.4 is 10.5 Å². The molecule has 0 saturated carbocycles. The smallest absolute Gasteiger partial charge is 0.339 e. The molecule has 0 fully saturated rings. The van der Waals surface area contributed by atoms with Crippen molar-refractivity contribution in [3.05, 3.63) is 45.6 Å². The lowest BCUT2D eigenvalue weighted by atomic mass is 10.0. The number of hydroxylamine groups is 1. The molecule has 0 atom stereocenters. The molecule has 0 aliphatic carbocycles. The second-order valence-corrected chi connectivity index (χ2v) is 5.88. The van der Waals surface area contributed by atoms with E-state index in [0.717, 1.165) is 5.56 Å². The summed E-state index contributed by atoms with van der Waals surface area (Å²) in [5.41, 5.74) is 0.760. The normalized spacial score (nSPS) is 11.4. The molecule has 7 nitrogen and oxygen atoms in total. The third-order valence-electron chi connectivity index (χ3n) is 3.85. The summed E-state index contributed by atoms with van der Waals surface area (Å²) in [6.07, 6.45) is 0. The van der Waals surface area contributed by atoms with Gasteiger partial charge in [-0.2, -0.15) is 0 Å². The van der Waals surface area contributed by atoms with Gasteiger partial charge in [-0.1, -0.05) is 19.9 Å². The van der Waals surface area contributed by atoms with Crippen molar-refractivity contribution in [2.75, 3.05) is 12.1 Å². The van der Waals surface area contributed by atoms with Crippen LogP contribution >= 0.6 is 0 Å². The summed E-state index contributed by atoms with van der Waals surface area (Å²) in [7, 11) is 1.24. The quantitative estimate of drug-likeness (QED) is 0.562. The minimum absolute atomic E-state index is 0.0238. The second kappa shape index (κ2) is 5.61. The standard InChI is InChI=1S/C17H16N2O5/c1-8(2)9-4-5-12-10(6-9)15(20)14-13(24-12)7-11(17(21)22)16(18-14)19(3)23/h4-8,23H,1-3H3,(H,21,22). The number of carboxylic acids is 1. The van der Waals surface area contributed by atoms with Gasteiger partial charge in [0.15, 0.2) is 16.9 Å². The van der Waals surface area contributed by atoms with Crippen molar-refractivity contribution in [1.29, 1.82) is 0 Å². The predicted molar refractivity (Wildman–Crippen MR) is 89.0 cm³/mol. The topological polar surface area (TPSA) is 104 Å². The number of anilines is 1. The molecule has 24 heavy (non-hydrogen) atoms. The molecule has 7 heteroatoms. The van der Waals surface area contributed by atoms with Crippen molar-refractivity contribution in [2.24, 2.45) is 0 Å². The van der Waals surface area contributed by atoms with Crippen molar-refractivity contribution >= 4 is 33.9 Å². The number of rotatable bonds is 3. The molecule has 0 aliphatic heterocycles. The van der Waals surface area contributed by atoms with Gasteiger partial charge in [0.05, 0.1) is 5.39 Å². The Bertz CT molecular complexity index is 1020. The van der Waals surface area contributed by atoms with E-state index in [-0.39, 0.29) is 33.8 Å². The van der Waals surface area contributed by atoms with Gasteiger partial charge >= 0.3 is 5.97 Å². The first-order chi connectivity index (χ1) is 11.3. The molecule has 0 aliphatic rings. The zero-order chi connectivity index (χ0) is 17.6.